The van der Waals surface area contributed by atoms with Gasteiger partial charge in [0, 0.05) is 18.4 Å². The van der Waals surface area contributed by atoms with E-state index in [4.69, 9.17) is 4.74 Å². The van der Waals surface area contributed by atoms with Crippen LogP contribution in [-0.2, 0) is 29.0 Å². The quantitative estimate of drug-likeness (QED) is 0.329. The van der Waals surface area contributed by atoms with Gasteiger partial charge in [-0.3, -0.25) is 4.79 Å². The monoisotopic (exact) mass is 471 g/mol. The van der Waals surface area contributed by atoms with Crippen LogP contribution in [0.25, 0.3) is 10.8 Å². The summed E-state index contributed by atoms with van der Waals surface area (Å²) in [5, 5.41) is 14.1. The molecule has 4 aromatic carbocycles. The number of aryl methyl sites for hydroxylation is 1. The maximum Gasteiger partial charge on any atom is 0.326 e. The molecule has 178 valence electrons. The molecule has 0 spiro atoms. The van der Waals surface area contributed by atoms with E-state index in [0.29, 0.717) is 17.7 Å². The Morgan fingerprint density at radius 1 is 0.857 bits per heavy atom. The van der Waals surface area contributed by atoms with E-state index >= 15 is 0 Å². The van der Waals surface area contributed by atoms with Crippen LogP contribution in [-0.4, -0.2) is 23.0 Å². The van der Waals surface area contributed by atoms with Gasteiger partial charge < -0.3 is 15.2 Å². The number of carboxylic acid groups (broad SMARTS) is 1. The Morgan fingerprint density at radius 3 is 2.34 bits per heavy atom. The highest BCUT2D eigenvalue weighted by molar-refractivity contribution is 5.86. The molecule has 0 aromatic heterocycles. The van der Waals surface area contributed by atoms with Gasteiger partial charge in [-0.2, -0.15) is 0 Å². The summed E-state index contributed by atoms with van der Waals surface area (Å²) >= 11 is 0. The fraction of sp³-hybridized carbons (Fsp3) is 0.172. The van der Waals surface area contributed by atoms with Crippen LogP contribution in [0.2, 0.25) is 0 Å². The fourth-order valence-electron chi connectivity index (χ4n) is 3.87. The molecular formula is C29H26FNO4. The predicted molar refractivity (Wildman–Crippen MR) is 133 cm³/mol. The Labute approximate surface area is 203 Å². The standard InChI is InChI=1S/C29H26FNO4/c30-26-9-5-4-8-24(26)19-35-25-14-13-22-16-21(10-12-23(22)18-25)17-27(29(33)34)31-28(32)15-11-20-6-2-1-3-7-20/h1-10,12-14,16,18,27H,11,15,17,19H2,(H,31,32)(H,33,34). The molecule has 1 amide bonds. The van der Waals surface area contributed by atoms with Gasteiger partial charge in [-0.25, -0.2) is 9.18 Å². The van der Waals surface area contributed by atoms with Crippen LogP contribution in [0.15, 0.2) is 91.0 Å². The number of ether oxygens (including phenoxy) is 1. The molecule has 0 aliphatic rings. The van der Waals surface area contributed by atoms with Crippen LogP contribution >= 0.6 is 0 Å². The van der Waals surface area contributed by atoms with Gasteiger partial charge in [0.1, 0.15) is 24.2 Å². The van der Waals surface area contributed by atoms with Crippen LogP contribution in [0.3, 0.4) is 0 Å². The van der Waals surface area contributed by atoms with Crippen molar-refractivity contribution >= 4 is 22.6 Å². The minimum absolute atomic E-state index is 0.126. The Morgan fingerprint density at radius 2 is 1.57 bits per heavy atom. The van der Waals surface area contributed by atoms with E-state index in [1.54, 1.807) is 24.3 Å². The molecule has 35 heavy (non-hydrogen) atoms. The second kappa shape index (κ2) is 11.3. The minimum atomic E-state index is -1.07. The number of carbonyl (C=O) groups is 2. The summed E-state index contributed by atoms with van der Waals surface area (Å²) in [6.07, 6.45) is 0.950. The van der Waals surface area contributed by atoms with E-state index in [0.717, 1.165) is 21.9 Å². The Bertz CT molecular complexity index is 1320. The predicted octanol–water partition coefficient (Wildman–Crippen LogP) is 5.30. The first kappa shape index (κ1) is 24.0. The molecule has 0 saturated heterocycles. The van der Waals surface area contributed by atoms with Crippen molar-refractivity contribution in [1.29, 1.82) is 0 Å². The lowest BCUT2D eigenvalue weighted by Gasteiger charge is -2.15. The summed E-state index contributed by atoms with van der Waals surface area (Å²) in [6.45, 7) is 0.126. The number of fused-ring (bicyclic) bond motifs is 1. The number of rotatable bonds is 10. The third-order valence-electron chi connectivity index (χ3n) is 5.78. The minimum Gasteiger partial charge on any atom is -0.489 e. The second-order valence-corrected chi connectivity index (χ2v) is 8.37. The molecule has 4 rings (SSSR count). The van der Waals surface area contributed by atoms with E-state index in [-0.39, 0.29) is 31.2 Å². The number of aliphatic carboxylic acids is 1. The molecule has 5 nitrogen and oxygen atoms in total. The van der Waals surface area contributed by atoms with Crippen molar-refractivity contribution in [2.45, 2.75) is 31.9 Å². The number of hydrogen-bond donors (Lipinski definition) is 2. The van der Waals surface area contributed by atoms with Crippen molar-refractivity contribution < 1.29 is 23.8 Å². The lowest BCUT2D eigenvalue weighted by molar-refractivity contribution is -0.141. The summed E-state index contributed by atoms with van der Waals surface area (Å²) in [7, 11) is 0. The topological polar surface area (TPSA) is 75.6 Å². The zero-order valence-corrected chi connectivity index (χ0v) is 19.1. The molecule has 1 atom stereocenters. The van der Waals surface area contributed by atoms with E-state index in [2.05, 4.69) is 5.32 Å². The molecule has 0 saturated carbocycles. The Kier molecular flexibility index (Phi) is 7.73. The van der Waals surface area contributed by atoms with Gasteiger partial charge in [0.25, 0.3) is 0 Å². The van der Waals surface area contributed by atoms with Gasteiger partial charge in [-0.1, -0.05) is 72.8 Å². The first-order chi connectivity index (χ1) is 17.0. The first-order valence-corrected chi connectivity index (χ1v) is 11.4. The van der Waals surface area contributed by atoms with Gasteiger partial charge in [0.05, 0.1) is 0 Å². The highest BCUT2D eigenvalue weighted by Gasteiger charge is 2.20. The van der Waals surface area contributed by atoms with E-state index in [1.165, 1.54) is 6.07 Å². The SMILES string of the molecule is O=C(CCc1ccccc1)NC(Cc1ccc2cc(OCc3ccccc3F)ccc2c1)C(=O)O. The normalized spacial score (nSPS) is 11.7. The number of carbonyl (C=O) groups excluding carboxylic acids is 1. The summed E-state index contributed by atoms with van der Waals surface area (Å²) in [4.78, 5) is 24.1. The van der Waals surface area contributed by atoms with Gasteiger partial charge in [-0.05, 0) is 46.5 Å². The van der Waals surface area contributed by atoms with E-state index in [1.807, 2.05) is 60.7 Å². The molecule has 2 N–H and O–H groups in total. The largest absolute Gasteiger partial charge is 0.489 e. The second-order valence-electron chi connectivity index (χ2n) is 8.37. The fourth-order valence-corrected chi connectivity index (χ4v) is 3.87. The summed E-state index contributed by atoms with van der Waals surface area (Å²) < 4.78 is 19.5. The van der Waals surface area contributed by atoms with E-state index in [9.17, 15) is 19.1 Å². The zero-order chi connectivity index (χ0) is 24.6. The molecule has 0 radical (unpaired) electrons. The third kappa shape index (κ3) is 6.67. The molecule has 0 fully saturated rings. The van der Waals surface area contributed by atoms with Crippen molar-refractivity contribution in [3.05, 3.63) is 114 Å². The van der Waals surface area contributed by atoms with Crippen LogP contribution in [0.4, 0.5) is 4.39 Å². The molecule has 0 bridgehead atoms. The summed E-state index contributed by atoms with van der Waals surface area (Å²) in [5.41, 5.74) is 2.31. The average molecular weight is 472 g/mol. The van der Waals surface area contributed by atoms with Gasteiger partial charge in [0.2, 0.25) is 5.91 Å². The number of amides is 1. The lowest BCUT2D eigenvalue weighted by atomic mass is 10.0. The van der Waals surface area contributed by atoms with Crippen molar-refractivity contribution in [3.63, 3.8) is 0 Å². The Hall–Kier alpha value is -4.19. The lowest BCUT2D eigenvalue weighted by Crippen LogP contribution is -2.42. The third-order valence-corrected chi connectivity index (χ3v) is 5.78. The average Bonchev–Trinajstić information content (AvgIpc) is 2.87. The maximum atomic E-state index is 13.8. The van der Waals surface area contributed by atoms with Crippen LogP contribution in [0, 0.1) is 5.82 Å². The van der Waals surface area contributed by atoms with Crippen LogP contribution in [0.5, 0.6) is 5.75 Å². The number of nitrogens with one attached hydrogen (secondary N) is 1. The maximum absolute atomic E-state index is 13.8. The van der Waals surface area contributed by atoms with Crippen molar-refractivity contribution in [1.82, 2.24) is 5.32 Å². The first-order valence-electron chi connectivity index (χ1n) is 11.4. The smallest absolute Gasteiger partial charge is 0.326 e. The van der Waals surface area contributed by atoms with Crippen molar-refractivity contribution in [2.75, 3.05) is 0 Å². The van der Waals surface area contributed by atoms with E-state index < -0.39 is 12.0 Å². The van der Waals surface area contributed by atoms with Crippen LogP contribution in [0.1, 0.15) is 23.1 Å². The highest BCUT2D eigenvalue weighted by Crippen LogP contribution is 2.24. The number of carboxylic acids is 1. The molecule has 0 aliphatic heterocycles. The summed E-state index contributed by atoms with van der Waals surface area (Å²) in [5.74, 6) is -1.06. The van der Waals surface area contributed by atoms with Crippen molar-refractivity contribution in [2.24, 2.45) is 0 Å². The molecule has 4 aromatic rings. The number of hydrogen-bond acceptors (Lipinski definition) is 3. The van der Waals surface area contributed by atoms with Crippen LogP contribution < -0.4 is 10.1 Å². The highest BCUT2D eigenvalue weighted by atomic mass is 19.1. The molecule has 0 aliphatic carbocycles. The molecule has 0 heterocycles. The number of halogens is 1. The van der Waals surface area contributed by atoms with Gasteiger partial charge in [0.15, 0.2) is 0 Å². The molecule has 1 unspecified atom stereocenters. The number of benzene rings is 4. The zero-order valence-electron chi connectivity index (χ0n) is 19.1. The summed E-state index contributed by atoms with van der Waals surface area (Å²) in [6, 6.07) is 26.2. The Balaban J connectivity index is 1.37. The van der Waals surface area contributed by atoms with Gasteiger partial charge >= 0.3 is 5.97 Å². The molecule has 6 heteroatoms. The molecular weight excluding hydrogens is 445 g/mol. The van der Waals surface area contributed by atoms with Crippen molar-refractivity contribution in [3.8, 4) is 5.75 Å². The van der Waals surface area contributed by atoms with Gasteiger partial charge in [-0.15, -0.1) is 0 Å².